The highest BCUT2D eigenvalue weighted by Crippen LogP contribution is 2.28. The molecule has 0 aromatic heterocycles. The second kappa shape index (κ2) is 12.0. The number of phenols is 1. The molecule has 1 amide bonds. The van der Waals surface area contributed by atoms with Crippen LogP contribution in [-0.2, 0) is 21.2 Å². The summed E-state index contributed by atoms with van der Waals surface area (Å²) in [6, 6.07) is 22.3. The predicted molar refractivity (Wildman–Crippen MR) is 130 cm³/mol. The van der Waals surface area contributed by atoms with Crippen molar-refractivity contribution < 1.29 is 23.1 Å². The van der Waals surface area contributed by atoms with E-state index >= 15 is 0 Å². The Morgan fingerprint density at radius 3 is 2.38 bits per heavy atom. The molecule has 3 aromatic rings. The summed E-state index contributed by atoms with van der Waals surface area (Å²) in [6.07, 6.45) is 1.72. The number of carbonyl (C=O) groups is 1. The van der Waals surface area contributed by atoms with Crippen molar-refractivity contribution in [3.8, 4) is 11.5 Å². The van der Waals surface area contributed by atoms with E-state index in [2.05, 4.69) is 10.5 Å². The van der Waals surface area contributed by atoms with E-state index in [9.17, 15) is 18.3 Å². The average Bonchev–Trinajstić information content (AvgIpc) is 2.85. The third kappa shape index (κ3) is 6.66. The molecular formula is C25H27N3O5S. The Morgan fingerprint density at radius 1 is 1.03 bits per heavy atom. The maximum absolute atomic E-state index is 13.2. The van der Waals surface area contributed by atoms with Gasteiger partial charge in [-0.15, -0.1) is 0 Å². The molecule has 0 unspecified atom stereocenters. The highest BCUT2D eigenvalue weighted by Gasteiger charge is 2.26. The fourth-order valence-electron chi connectivity index (χ4n) is 3.21. The molecule has 0 aliphatic heterocycles. The first-order valence-corrected chi connectivity index (χ1v) is 12.2. The third-order valence-electron chi connectivity index (χ3n) is 4.92. The minimum absolute atomic E-state index is 0.0986. The molecule has 0 aliphatic rings. The Morgan fingerprint density at radius 2 is 1.71 bits per heavy atom. The van der Waals surface area contributed by atoms with Gasteiger partial charge in [0.25, 0.3) is 5.91 Å². The molecule has 0 fully saturated rings. The van der Waals surface area contributed by atoms with Gasteiger partial charge in [-0.25, -0.2) is 13.8 Å². The van der Waals surface area contributed by atoms with E-state index in [0.29, 0.717) is 24.3 Å². The van der Waals surface area contributed by atoms with E-state index in [1.165, 1.54) is 18.3 Å². The van der Waals surface area contributed by atoms with Crippen LogP contribution in [0, 0.1) is 0 Å². The van der Waals surface area contributed by atoms with Crippen molar-refractivity contribution in [2.75, 3.05) is 19.7 Å². The molecule has 2 N–H and O–H groups in total. The second-order valence-electron chi connectivity index (χ2n) is 7.31. The lowest BCUT2D eigenvalue weighted by Gasteiger charge is -2.21. The van der Waals surface area contributed by atoms with E-state index in [0.717, 1.165) is 9.87 Å². The Kier molecular flexibility index (Phi) is 8.78. The van der Waals surface area contributed by atoms with Gasteiger partial charge in [-0.2, -0.15) is 9.41 Å². The first-order valence-electron chi connectivity index (χ1n) is 10.8. The number of nitrogens with zero attached hydrogens (tertiary/aromatic N) is 2. The summed E-state index contributed by atoms with van der Waals surface area (Å²) in [4.78, 5) is 12.7. The summed E-state index contributed by atoms with van der Waals surface area (Å²) in [5.41, 5.74) is 3.64. The number of sulfonamides is 1. The number of carbonyl (C=O) groups excluding carboxylic acids is 1. The maximum Gasteiger partial charge on any atom is 0.255 e. The van der Waals surface area contributed by atoms with Gasteiger partial charge in [0.15, 0.2) is 11.5 Å². The maximum atomic E-state index is 13.2. The van der Waals surface area contributed by atoms with Gasteiger partial charge in [0, 0.05) is 12.1 Å². The van der Waals surface area contributed by atoms with Crippen molar-refractivity contribution in [2.45, 2.75) is 18.2 Å². The van der Waals surface area contributed by atoms with E-state index in [-0.39, 0.29) is 17.2 Å². The summed E-state index contributed by atoms with van der Waals surface area (Å²) in [7, 11) is -3.90. The number of hydrogen-bond donors (Lipinski definition) is 2. The average molecular weight is 482 g/mol. The molecule has 0 spiro atoms. The van der Waals surface area contributed by atoms with Crippen molar-refractivity contribution >= 4 is 22.1 Å². The number of benzene rings is 3. The van der Waals surface area contributed by atoms with Gasteiger partial charge in [-0.1, -0.05) is 54.6 Å². The van der Waals surface area contributed by atoms with Crippen LogP contribution in [0.15, 0.2) is 88.9 Å². The SMILES string of the molecule is CCOc1cccc(/C=N\NC(=O)CN(CCc2ccccc2)S(=O)(=O)c2ccccc2)c1O. The number of amides is 1. The Balaban J connectivity index is 1.72. The first-order chi connectivity index (χ1) is 16.4. The van der Waals surface area contributed by atoms with E-state index in [4.69, 9.17) is 4.74 Å². The number of nitrogens with one attached hydrogen (secondary N) is 1. The molecular weight excluding hydrogens is 454 g/mol. The number of aromatic hydroxyl groups is 1. The van der Waals surface area contributed by atoms with Crippen LogP contribution in [0.4, 0.5) is 0 Å². The molecule has 0 aliphatic carbocycles. The highest BCUT2D eigenvalue weighted by molar-refractivity contribution is 7.89. The van der Waals surface area contributed by atoms with Crippen LogP contribution in [0.1, 0.15) is 18.1 Å². The smallest absolute Gasteiger partial charge is 0.255 e. The van der Waals surface area contributed by atoms with Gasteiger partial charge in [0.05, 0.1) is 24.3 Å². The van der Waals surface area contributed by atoms with Crippen molar-refractivity contribution in [3.05, 3.63) is 90.0 Å². The molecule has 0 saturated carbocycles. The second-order valence-corrected chi connectivity index (χ2v) is 9.25. The fraction of sp³-hybridized carbons (Fsp3) is 0.200. The van der Waals surface area contributed by atoms with Gasteiger partial charge < -0.3 is 9.84 Å². The van der Waals surface area contributed by atoms with E-state index in [1.807, 2.05) is 30.3 Å². The summed E-state index contributed by atoms with van der Waals surface area (Å²) in [5, 5.41) is 14.1. The van der Waals surface area contributed by atoms with Crippen molar-refractivity contribution in [2.24, 2.45) is 5.10 Å². The van der Waals surface area contributed by atoms with Crippen molar-refractivity contribution in [3.63, 3.8) is 0 Å². The molecule has 3 rings (SSSR count). The van der Waals surface area contributed by atoms with Crippen molar-refractivity contribution in [1.29, 1.82) is 0 Å². The van der Waals surface area contributed by atoms with Gasteiger partial charge in [-0.05, 0) is 43.2 Å². The zero-order valence-corrected chi connectivity index (χ0v) is 19.6. The molecule has 9 heteroatoms. The molecule has 0 atom stereocenters. The van der Waals surface area contributed by atoms with Crippen LogP contribution >= 0.6 is 0 Å². The number of para-hydroxylation sites is 1. The lowest BCUT2D eigenvalue weighted by molar-refractivity contribution is -0.121. The summed E-state index contributed by atoms with van der Waals surface area (Å²) < 4.78 is 32.8. The van der Waals surface area contributed by atoms with E-state index < -0.39 is 22.5 Å². The molecule has 0 radical (unpaired) electrons. The zero-order valence-electron chi connectivity index (χ0n) is 18.8. The minimum atomic E-state index is -3.90. The van der Waals surface area contributed by atoms with Gasteiger partial charge in [-0.3, -0.25) is 4.79 Å². The van der Waals surface area contributed by atoms with Crippen LogP contribution in [0.5, 0.6) is 11.5 Å². The van der Waals surface area contributed by atoms with Crippen LogP contribution in [0.3, 0.4) is 0 Å². The zero-order chi connectivity index (χ0) is 24.4. The molecule has 0 bridgehead atoms. The topological polar surface area (TPSA) is 108 Å². The lowest BCUT2D eigenvalue weighted by Crippen LogP contribution is -2.40. The van der Waals surface area contributed by atoms with Crippen LogP contribution in [0.25, 0.3) is 0 Å². The van der Waals surface area contributed by atoms with Crippen LogP contribution < -0.4 is 10.2 Å². The van der Waals surface area contributed by atoms with Crippen LogP contribution in [0.2, 0.25) is 0 Å². The van der Waals surface area contributed by atoms with Gasteiger partial charge >= 0.3 is 0 Å². The standard InChI is InChI=1S/C25H27N3O5S/c1-2-33-23-15-9-12-21(25(23)30)18-26-27-24(29)19-28(17-16-20-10-5-3-6-11-20)34(31,32)22-13-7-4-8-14-22/h3-15,18,30H,2,16-17,19H2,1H3,(H,27,29)/b26-18-. The first kappa shape index (κ1) is 24.9. The molecule has 0 heterocycles. The third-order valence-corrected chi connectivity index (χ3v) is 6.78. The molecule has 178 valence electrons. The highest BCUT2D eigenvalue weighted by atomic mass is 32.2. The Hall–Kier alpha value is -3.69. The monoisotopic (exact) mass is 481 g/mol. The quantitative estimate of drug-likeness (QED) is 0.323. The van der Waals surface area contributed by atoms with Crippen molar-refractivity contribution in [1.82, 2.24) is 9.73 Å². The van der Waals surface area contributed by atoms with E-state index in [1.54, 1.807) is 43.3 Å². The summed E-state index contributed by atoms with van der Waals surface area (Å²) >= 11 is 0. The van der Waals surface area contributed by atoms with Gasteiger partial charge in [0.1, 0.15) is 0 Å². The number of rotatable bonds is 11. The van der Waals surface area contributed by atoms with Crippen LogP contribution in [-0.4, -0.2) is 49.6 Å². The molecule has 3 aromatic carbocycles. The number of ether oxygens (including phenoxy) is 1. The minimum Gasteiger partial charge on any atom is -0.504 e. The fourth-order valence-corrected chi connectivity index (χ4v) is 4.63. The Bertz CT molecular complexity index is 1220. The van der Waals surface area contributed by atoms with Gasteiger partial charge in [0.2, 0.25) is 10.0 Å². The number of hydrogen-bond acceptors (Lipinski definition) is 6. The summed E-state index contributed by atoms with van der Waals surface area (Å²) in [6.45, 7) is 1.90. The molecule has 34 heavy (non-hydrogen) atoms. The molecule has 0 saturated heterocycles. The molecule has 8 nitrogen and oxygen atoms in total. The largest absolute Gasteiger partial charge is 0.504 e. The lowest BCUT2D eigenvalue weighted by atomic mass is 10.1. The number of phenolic OH excluding ortho intramolecular Hbond substituents is 1. The Labute approximate surface area is 199 Å². The summed E-state index contributed by atoms with van der Waals surface area (Å²) in [5.74, 6) is -0.401. The predicted octanol–water partition coefficient (Wildman–Crippen LogP) is 3.17. The normalized spacial score (nSPS) is 11.6. The number of hydrazone groups is 1.